The van der Waals surface area contributed by atoms with Gasteiger partial charge in [0.1, 0.15) is 0 Å². The van der Waals surface area contributed by atoms with Crippen molar-refractivity contribution in [1.82, 2.24) is 9.97 Å². The summed E-state index contributed by atoms with van der Waals surface area (Å²) in [5, 5.41) is 3.39. The minimum absolute atomic E-state index is 0.144. The Kier molecular flexibility index (Phi) is 5.72. The molecular weight excluding hydrogens is 340 g/mol. The molecule has 0 unspecified atom stereocenters. The van der Waals surface area contributed by atoms with Gasteiger partial charge in [-0.05, 0) is 19.1 Å². The van der Waals surface area contributed by atoms with Crippen molar-refractivity contribution in [1.29, 1.82) is 0 Å². The molecule has 1 aliphatic heterocycles. The topological polar surface area (TPSA) is 87.3 Å². The van der Waals surface area contributed by atoms with Crippen LogP contribution in [0.1, 0.15) is 5.69 Å². The van der Waals surface area contributed by atoms with E-state index in [9.17, 15) is 9.59 Å². The Morgan fingerprint density at radius 3 is 2.88 bits per heavy atom. The molecule has 2 N–H and O–H groups in total. The molecule has 1 aliphatic rings. The smallest absolute Gasteiger partial charge is 0.251 e. The Balaban J connectivity index is 1.64. The molecule has 8 heteroatoms. The quantitative estimate of drug-likeness (QED) is 0.623. The summed E-state index contributed by atoms with van der Waals surface area (Å²) in [5.41, 5.74) is 2.18. The molecule has 0 aliphatic carbocycles. The summed E-state index contributed by atoms with van der Waals surface area (Å²) < 4.78 is 5.38. The Bertz CT molecular complexity index is 802. The van der Waals surface area contributed by atoms with Crippen LogP contribution in [0.2, 0.25) is 0 Å². The van der Waals surface area contributed by atoms with Crippen LogP contribution in [0.5, 0.6) is 0 Å². The number of nitrogens with one attached hydrogen (secondary N) is 2. The first-order valence-electron chi connectivity index (χ1n) is 8.04. The SMILES string of the molecule is Cc1cc(=O)[nH]c(SCC(=O)Nc2ccccc2N2CCOCC2)n1. The van der Waals surface area contributed by atoms with Crippen molar-refractivity contribution in [3.05, 3.63) is 46.4 Å². The lowest BCUT2D eigenvalue weighted by Crippen LogP contribution is -2.36. The number of aromatic amines is 1. The summed E-state index contributed by atoms with van der Waals surface area (Å²) in [5.74, 6) is 0.0268. The first-order chi connectivity index (χ1) is 12.1. The molecule has 1 saturated heterocycles. The van der Waals surface area contributed by atoms with Crippen LogP contribution < -0.4 is 15.8 Å². The van der Waals surface area contributed by atoms with Crippen molar-refractivity contribution >= 4 is 29.0 Å². The van der Waals surface area contributed by atoms with Crippen LogP contribution in [-0.4, -0.2) is 47.9 Å². The molecule has 2 heterocycles. The second-order valence-corrected chi connectivity index (χ2v) is 6.61. The van der Waals surface area contributed by atoms with Gasteiger partial charge < -0.3 is 19.9 Å². The second-order valence-electron chi connectivity index (χ2n) is 5.65. The van der Waals surface area contributed by atoms with E-state index in [1.807, 2.05) is 24.3 Å². The number of thioether (sulfide) groups is 1. The van der Waals surface area contributed by atoms with Gasteiger partial charge >= 0.3 is 0 Å². The third-order valence-electron chi connectivity index (χ3n) is 3.72. The number of anilines is 2. The molecule has 1 fully saturated rings. The van der Waals surface area contributed by atoms with Gasteiger partial charge in [-0.2, -0.15) is 0 Å². The van der Waals surface area contributed by atoms with Crippen LogP contribution in [0.25, 0.3) is 0 Å². The van der Waals surface area contributed by atoms with Gasteiger partial charge in [-0.25, -0.2) is 4.98 Å². The predicted molar refractivity (Wildman–Crippen MR) is 98.4 cm³/mol. The number of aryl methyl sites for hydroxylation is 1. The number of benzene rings is 1. The lowest BCUT2D eigenvalue weighted by molar-refractivity contribution is -0.113. The van der Waals surface area contributed by atoms with Gasteiger partial charge in [0.2, 0.25) is 5.91 Å². The maximum Gasteiger partial charge on any atom is 0.251 e. The molecule has 1 amide bonds. The second kappa shape index (κ2) is 8.17. The minimum atomic E-state index is -0.215. The molecule has 0 bridgehead atoms. The molecular formula is C17H20N4O3S. The van der Waals surface area contributed by atoms with Crippen molar-refractivity contribution in [2.45, 2.75) is 12.1 Å². The summed E-state index contributed by atoms with van der Waals surface area (Å²) in [7, 11) is 0. The fourth-order valence-corrected chi connectivity index (χ4v) is 3.32. The largest absolute Gasteiger partial charge is 0.378 e. The normalized spacial score (nSPS) is 14.4. The fourth-order valence-electron chi connectivity index (χ4n) is 2.60. The molecule has 2 aromatic rings. The molecule has 1 aromatic carbocycles. The van der Waals surface area contributed by atoms with Gasteiger partial charge in [-0.15, -0.1) is 0 Å². The molecule has 0 atom stereocenters. The van der Waals surface area contributed by atoms with E-state index >= 15 is 0 Å². The highest BCUT2D eigenvalue weighted by molar-refractivity contribution is 7.99. The number of hydrogen-bond donors (Lipinski definition) is 2. The molecule has 0 spiro atoms. The summed E-state index contributed by atoms with van der Waals surface area (Å²) in [4.78, 5) is 32.8. The average molecular weight is 360 g/mol. The molecule has 1 aromatic heterocycles. The van der Waals surface area contributed by atoms with Gasteiger partial charge in [0.05, 0.1) is 30.3 Å². The van der Waals surface area contributed by atoms with Crippen molar-refractivity contribution in [2.75, 3.05) is 42.3 Å². The Labute approximate surface area is 149 Å². The number of hydrogen-bond acceptors (Lipinski definition) is 6. The van der Waals surface area contributed by atoms with E-state index in [1.165, 1.54) is 17.8 Å². The third-order valence-corrected chi connectivity index (χ3v) is 4.59. The molecule has 3 rings (SSSR count). The number of nitrogens with zero attached hydrogens (tertiary/aromatic N) is 2. The van der Waals surface area contributed by atoms with E-state index in [4.69, 9.17) is 4.74 Å². The van der Waals surface area contributed by atoms with Crippen LogP contribution in [0.4, 0.5) is 11.4 Å². The van der Waals surface area contributed by atoms with Crippen LogP contribution in [0, 0.1) is 6.92 Å². The van der Waals surface area contributed by atoms with Crippen LogP contribution >= 0.6 is 11.8 Å². The summed E-state index contributed by atoms with van der Waals surface area (Å²) in [6.45, 7) is 4.72. The Morgan fingerprint density at radius 2 is 2.12 bits per heavy atom. The average Bonchev–Trinajstić information content (AvgIpc) is 2.60. The highest BCUT2D eigenvalue weighted by Crippen LogP contribution is 2.26. The summed E-state index contributed by atoms with van der Waals surface area (Å²) in [6, 6.07) is 9.15. The van der Waals surface area contributed by atoms with E-state index < -0.39 is 0 Å². The number of carbonyl (C=O) groups is 1. The lowest BCUT2D eigenvalue weighted by atomic mass is 10.2. The molecule has 132 valence electrons. The maximum atomic E-state index is 12.3. The Morgan fingerprint density at radius 1 is 1.36 bits per heavy atom. The van der Waals surface area contributed by atoms with Gasteiger partial charge in [-0.3, -0.25) is 9.59 Å². The van der Waals surface area contributed by atoms with Crippen molar-refractivity contribution < 1.29 is 9.53 Å². The zero-order valence-corrected chi connectivity index (χ0v) is 14.8. The maximum absolute atomic E-state index is 12.3. The monoisotopic (exact) mass is 360 g/mol. The highest BCUT2D eigenvalue weighted by Gasteiger charge is 2.16. The van der Waals surface area contributed by atoms with Gasteiger partial charge in [0, 0.05) is 24.8 Å². The number of rotatable bonds is 5. The molecule has 25 heavy (non-hydrogen) atoms. The zero-order chi connectivity index (χ0) is 17.6. The van der Waals surface area contributed by atoms with Crippen LogP contribution in [-0.2, 0) is 9.53 Å². The summed E-state index contributed by atoms with van der Waals surface area (Å²) in [6.07, 6.45) is 0. The number of aromatic nitrogens is 2. The number of para-hydroxylation sites is 2. The van der Waals surface area contributed by atoms with Gasteiger partial charge in [0.15, 0.2) is 5.16 Å². The van der Waals surface area contributed by atoms with E-state index in [1.54, 1.807) is 6.92 Å². The summed E-state index contributed by atoms with van der Waals surface area (Å²) >= 11 is 1.21. The van der Waals surface area contributed by atoms with Crippen LogP contribution in [0.15, 0.2) is 40.3 Å². The first kappa shape index (κ1) is 17.5. The van der Waals surface area contributed by atoms with Crippen LogP contribution in [0.3, 0.4) is 0 Å². The van der Waals surface area contributed by atoms with E-state index in [0.717, 1.165) is 24.5 Å². The zero-order valence-electron chi connectivity index (χ0n) is 13.9. The number of H-pyrrole nitrogens is 1. The van der Waals surface area contributed by atoms with Gasteiger partial charge in [0.25, 0.3) is 5.56 Å². The lowest BCUT2D eigenvalue weighted by Gasteiger charge is -2.30. The Hall–Kier alpha value is -2.32. The standard InChI is InChI=1S/C17H20N4O3S/c1-12-10-15(22)20-17(18-12)25-11-16(23)19-13-4-2-3-5-14(13)21-6-8-24-9-7-21/h2-5,10H,6-9,11H2,1H3,(H,19,23)(H,18,20,22). The number of carbonyl (C=O) groups excluding carboxylic acids is 1. The fraction of sp³-hybridized carbons (Fsp3) is 0.353. The van der Waals surface area contributed by atoms with E-state index in [-0.39, 0.29) is 17.2 Å². The molecule has 0 saturated carbocycles. The van der Waals surface area contributed by atoms with Crippen molar-refractivity contribution in [3.8, 4) is 0 Å². The number of ether oxygens (including phenoxy) is 1. The van der Waals surface area contributed by atoms with Crippen molar-refractivity contribution in [2.24, 2.45) is 0 Å². The predicted octanol–water partition coefficient (Wildman–Crippen LogP) is 1.65. The number of amides is 1. The van der Waals surface area contributed by atoms with E-state index in [2.05, 4.69) is 20.2 Å². The molecule has 0 radical (unpaired) electrons. The molecule has 7 nitrogen and oxygen atoms in total. The minimum Gasteiger partial charge on any atom is -0.378 e. The third kappa shape index (κ3) is 4.83. The van der Waals surface area contributed by atoms with Crippen molar-refractivity contribution in [3.63, 3.8) is 0 Å². The number of morpholine rings is 1. The highest BCUT2D eigenvalue weighted by atomic mass is 32.2. The first-order valence-corrected chi connectivity index (χ1v) is 9.03. The van der Waals surface area contributed by atoms with E-state index in [0.29, 0.717) is 24.1 Å². The van der Waals surface area contributed by atoms with Gasteiger partial charge in [-0.1, -0.05) is 23.9 Å².